The summed E-state index contributed by atoms with van der Waals surface area (Å²) in [5.74, 6) is 0.680. The van der Waals surface area contributed by atoms with Crippen molar-refractivity contribution in [1.29, 1.82) is 0 Å². The zero-order valence-electron chi connectivity index (χ0n) is 11.8. The molecule has 0 radical (unpaired) electrons. The zero-order valence-corrected chi connectivity index (χ0v) is 11.8. The molecule has 1 N–H and O–H groups in total. The molecule has 3 heteroatoms. The van der Waals surface area contributed by atoms with E-state index in [0.29, 0.717) is 12.0 Å². The predicted octanol–water partition coefficient (Wildman–Crippen LogP) is 2.60. The molecule has 0 saturated carbocycles. The number of hydrogen-bond acceptors (Lipinski definition) is 3. The SMILES string of the molecule is Cc1cnccc1N(CC(C)C)CC1CCCN1. The second kappa shape index (κ2) is 6.19. The molecule has 1 unspecified atom stereocenters. The van der Waals surface area contributed by atoms with E-state index in [-0.39, 0.29) is 0 Å². The van der Waals surface area contributed by atoms with Gasteiger partial charge in [0, 0.05) is 37.2 Å². The van der Waals surface area contributed by atoms with E-state index in [4.69, 9.17) is 0 Å². The Labute approximate surface area is 111 Å². The third-order valence-electron chi connectivity index (χ3n) is 3.52. The van der Waals surface area contributed by atoms with Gasteiger partial charge in [0.15, 0.2) is 0 Å². The first-order valence-electron chi connectivity index (χ1n) is 7.05. The minimum atomic E-state index is 0.649. The van der Waals surface area contributed by atoms with Gasteiger partial charge in [-0.05, 0) is 43.9 Å². The maximum atomic E-state index is 4.20. The molecule has 1 atom stereocenters. The summed E-state index contributed by atoms with van der Waals surface area (Å²) in [7, 11) is 0. The molecular formula is C15H25N3. The number of nitrogens with zero attached hydrogens (tertiary/aromatic N) is 2. The lowest BCUT2D eigenvalue weighted by molar-refractivity contribution is 0.540. The lowest BCUT2D eigenvalue weighted by Crippen LogP contribution is -2.39. The molecule has 1 aliphatic rings. The molecule has 0 aliphatic carbocycles. The zero-order chi connectivity index (χ0) is 13.0. The fraction of sp³-hybridized carbons (Fsp3) is 0.667. The summed E-state index contributed by atoms with van der Waals surface area (Å²) in [6.45, 7) is 10.1. The van der Waals surface area contributed by atoms with Gasteiger partial charge >= 0.3 is 0 Å². The van der Waals surface area contributed by atoms with Gasteiger partial charge in [-0.2, -0.15) is 0 Å². The Morgan fingerprint density at radius 2 is 2.33 bits per heavy atom. The Bertz CT molecular complexity index is 370. The highest BCUT2D eigenvalue weighted by molar-refractivity contribution is 5.51. The van der Waals surface area contributed by atoms with Gasteiger partial charge < -0.3 is 10.2 Å². The van der Waals surface area contributed by atoms with Crippen molar-refractivity contribution < 1.29 is 0 Å². The van der Waals surface area contributed by atoms with E-state index in [2.05, 4.69) is 42.0 Å². The van der Waals surface area contributed by atoms with Crippen LogP contribution in [0, 0.1) is 12.8 Å². The predicted molar refractivity (Wildman–Crippen MR) is 77.0 cm³/mol. The molecule has 18 heavy (non-hydrogen) atoms. The largest absolute Gasteiger partial charge is 0.369 e. The first-order valence-corrected chi connectivity index (χ1v) is 7.05. The lowest BCUT2D eigenvalue weighted by Gasteiger charge is -2.30. The van der Waals surface area contributed by atoms with Crippen molar-refractivity contribution in [1.82, 2.24) is 10.3 Å². The number of hydrogen-bond donors (Lipinski definition) is 1. The first kappa shape index (κ1) is 13.3. The lowest BCUT2D eigenvalue weighted by atomic mass is 10.1. The summed E-state index contributed by atoms with van der Waals surface area (Å²) in [5, 5.41) is 3.59. The third-order valence-corrected chi connectivity index (χ3v) is 3.52. The van der Waals surface area contributed by atoms with Gasteiger partial charge in [0.25, 0.3) is 0 Å². The van der Waals surface area contributed by atoms with Gasteiger partial charge in [-0.3, -0.25) is 4.98 Å². The molecule has 0 amide bonds. The van der Waals surface area contributed by atoms with Crippen LogP contribution < -0.4 is 10.2 Å². The van der Waals surface area contributed by atoms with E-state index >= 15 is 0 Å². The van der Waals surface area contributed by atoms with Crippen LogP contribution >= 0.6 is 0 Å². The molecule has 1 saturated heterocycles. The average Bonchev–Trinajstić information content (AvgIpc) is 2.81. The van der Waals surface area contributed by atoms with E-state index in [1.165, 1.54) is 30.6 Å². The van der Waals surface area contributed by atoms with Crippen LogP contribution in [0.3, 0.4) is 0 Å². The van der Waals surface area contributed by atoms with Crippen LogP contribution in [-0.2, 0) is 0 Å². The van der Waals surface area contributed by atoms with Gasteiger partial charge in [0.2, 0.25) is 0 Å². The van der Waals surface area contributed by atoms with Gasteiger partial charge in [-0.1, -0.05) is 13.8 Å². The first-order chi connectivity index (χ1) is 8.66. The van der Waals surface area contributed by atoms with Crippen LogP contribution in [0.4, 0.5) is 5.69 Å². The maximum Gasteiger partial charge on any atom is 0.0427 e. The molecular weight excluding hydrogens is 222 g/mol. The molecule has 1 fully saturated rings. The number of aryl methyl sites for hydroxylation is 1. The minimum Gasteiger partial charge on any atom is -0.369 e. The van der Waals surface area contributed by atoms with Crippen molar-refractivity contribution in [3.8, 4) is 0 Å². The standard InChI is InChI=1S/C15H25N3/c1-12(2)10-18(11-14-5-4-7-17-14)15-6-8-16-9-13(15)3/h6,8-9,12,14,17H,4-5,7,10-11H2,1-3H3. The van der Waals surface area contributed by atoms with Crippen LogP contribution in [0.1, 0.15) is 32.3 Å². The Kier molecular flexibility index (Phi) is 4.59. The van der Waals surface area contributed by atoms with Crippen molar-refractivity contribution in [2.75, 3.05) is 24.5 Å². The number of nitrogens with one attached hydrogen (secondary N) is 1. The molecule has 1 aromatic rings. The van der Waals surface area contributed by atoms with Gasteiger partial charge in [0.05, 0.1) is 0 Å². The topological polar surface area (TPSA) is 28.2 Å². The van der Waals surface area contributed by atoms with Crippen LogP contribution in [0.5, 0.6) is 0 Å². The van der Waals surface area contributed by atoms with E-state index in [0.717, 1.165) is 13.1 Å². The van der Waals surface area contributed by atoms with Crippen LogP contribution in [-0.4, -0.2) is 30.7 Å². The maximum absolute atomic E-state index is 4.20. The highest BCUT2D eigenvalue weighted by Gasteiger charge is 2.19. The van der Waals surface area contributed by atoms with E-state index < -0.39 is 0 Å². The normalized spacial score (nSPS) is 19.4. The Morgan fingerprint density at radius 1 is 1.50 bits per heavy atom. The molecule has 0 bridgehead atoms. The Hall–Kier alpha value is -1.09. The number of rotatable bonds is 5. The fourth-order valence-corrected chi connectivity index (χ4v) is 2.71. The van der Waals surface area contributed by atoms with Crippen molar-refractivity contribution in [2.45, 2.75) is 39.7 Å². The second-order valence-electron chi connectivity index (χ2n) is 5.75. The average molecular weight is 247 g/mol. The molecule has 2 heterocycles. The van der Waals surface area contributed by atoms with E-state index in [9.17, 15) is 0 Å². The summed E-state index contributed by atoms with van der Waals surface area (Å²) in [4.78, 5) is 6.71. The van der Waals surface area contributed by atoms with Crippen molar-refractivity contribution >= 4 is 5.69 Å². The second-order valence-corrected chi connectivity index (χ2v) is 5.75. The molecule has 100 valence electrons. The smallest absolute Gasteiger partial charge is 0.0427 e. The highest BCUT2D eigenvalue weighted by atomic mass is 15.2. The number of anilines is 1. The molecule has 3 nitrogen and oxygen atoms in total. The van der Waals surface area contributed by atoms with Gasteiger partial charge in [-0.15, -0.1) is 0 Å². The van der Waals surface area contributed by atoms with Crippen LogP contribution in [0.25, 0.3) is 0 Å². The molecule has 0 aromatic carbocycles. The van der Waals surface area contributed by atoms with Crippen molar-refractivity contribution in [3.05, 3.63) is 24.0 Å². The summed E-state index contributed by atoms with van der Waals surface area (Å²) in [6.07, 6.45) is 6.48. The summed E-state index contributed by atoms with van der Waals surface area (Å²) in [6, 6.07) is 2.79. The number of aromatic nitrogens is 1. The van der Waals surface area contributed by atoms with Crippen LogP contribution in [0.15, 0.2) is 18.5 Å². The third kappa shape index (κ3) is 3.45. The van der Waals surface area contributed by atoms with Crippen LogP contribution in [0.2, 0.25) is 0 Å². The van der Waals surface area contributed by atoms with E-state index in [1.807, 2.05) is 12.4 Å². The highest BCUT2D eigenvalue weighted by Crippen LogP contribution is 2.21. The fourth-order valence-electron chi connectivity index (χ4n) is 2.71. The molecule has 1 aromatic heterocycles. The van der Waals surface area contributed by atoms with Crippen molar-refractivity contribution in [3.63, 3.8) is 0 Å². The van der Waals surface area contributed by atoms with Gasteiger partial charge in [0.1, 0.15) is 0 Å². The number of pyridine rings is 1. The molecule has 0 spiro atoms. The summed E-state index contributed by atoms with van der Waals surface area (Å²) < 4.78 is 0. The Balaban J connectivity index is 2.11. The van der Waals surface area contributed by atoms with E-state index in [1.54, 1.807) is 0 Å². The summed E-state index contributed by atoms with van der Waals surface area (Å²) in [5.41, 5.74) is 2.61. The Morgan fingerprint density at radius 3 is 2.94 bits per heavy atom. The quantitative estimate of drug-likeness (QED) is 0.867. The van der Waals surface area contributed by atoms with Gasteiger partial charge in [-0.25, -0.2) is 0 Å². The molecule has 1 aliphatic heterocycles. The summed E-state index contributed by atoms with van der Waals surface area (Å²) >= 11 is 0. The van der Waals surface area contributed by atoms with Crippen molar-refractivity contribution in [2.24, 2.45) is 5.92 Å². The minimum absolute atomic E-state index is 0.649. The monoisotopic (exact) mass is 247 g/mol. The molecule has 2 rings (SSSR count).